The topological polar surface area (TPSA) is 87.3 Å². The lowest BCUT2D eigenvalue weighted by molar-refractivity contribution is 0.251. The van der Waals surface area contributed by atoms with Gasteiger partial charge in [-0.1, -0.05) is 19.9 Å². The van der Waals surface area contributed by atoms with Crippen molar-refractivity contribution < 1.29 is 13.2 Å². The molecule has 0 saturated heterocycles. The summed E-state index contributed by atoms with van der Waals surface area (Å²) in [6.07, 6.45) is 0. The normalized spacial score (nSPS) is 11.3. The van der Waals surface area contributed by atoms with Crippen LogP contribution < -0.4 is 15.4 Å². The maximum Gasteiger partial charge on any atom is 0.319 e. The zero-order chi connectivity index (χ0) is 19.3. The molecule has 0 fully saturated rings. The Morgan fingerprint density at radius 3 is 2.08 bits per heavy atom. The molecule has 0 aromatic heterocycles. The lowest BCUT2D eigenvalue weighted by atomic mass is 10.1. The molecule has 2 rings (SSSR count). The summed E-state index contributed by atoms with van der Waals surface area (Å²) in [5, 5.41) is 5.41. The van der Waals surface area contributed by atoms with E-state index in [1.165, 1.54) is 12.1 Å². The van der Waals surface area contributed by atoms with Crippen molar-refractivity contribution in [2.45, 2.75) is 32.6 Å². The molecular formula is C19H25N3O3S. The van der Waals surface area contributed by atoms with Gasteiger partial charge in [0, 0.05) is 17.9 Å². The molecule has 6 nitrogen and oxygen atoms in total. The molecule has 0 unspecified atom stereocenters. The van der Waals surface area contributed by atoms with Crippen molar-refractivity contribution in [1.82, 2.24) is 5.32 Å². The Kier molecular flexibility index (Phi) is 6.26. The number of carbonyl (C=O) groups is 1. The Hall–Kier alpha value is -2.54. The van der Waals surface area contributed by atoms with Crippen LogP contribution in [-0.2, 0) is 10.0 Å². The quantitative estimate of drug-likeness (QED) is 0.716. The van der Waals surface area contributed by atoms with E-state index in [9.17, 15) is 13.2 Å². The summed E-state index contributed by atoms with van der Waals surface area (Å²) in [4.78, 5) is 11.9. The van der Waals surface area contributed by atoms with E-state index >= 15 is 0 Å². The fourth-order valence-electron chi connectivity index (χ4n) is 2.44. The number of anilines is 2. The van der Waals surface area contributed by atoms with Crippen molar-refractivity contribution in [3.63, 3.8) is 0 Å². The molecule has 0 spiro atoms. The van der Waals surface area contributed by atoms with Gasteiger partial charge >= 0.3 is 6.03 Å². The molecule has 0 heterocycles. The van der Waals surface area contributed by atoms with Gasteiger partial charge in [-0.25, -0.2) is 13.2 Å². The van der Waals surface area contributed by atoms with Gasteiger partial charge in [0.05, 0.1) is 4.90 Å². The number of hydrogen-bond donors (Lipinski definition) is 3. The summed E-state index contributed by atoms with van der Waals surface area (Å²) in [7, 11) is -3.69. The van der Waals surface area contributed by atoms with Crippen molar-refractivity contribution in [2.75, 3.05) is 16.6 Å². The second-order valence-corrected chi connectivity index (χ2v) is 8.42. The fourth-order valence-corrected chi connectivity index (χ4v) is 3.48. The van der Waals surface area contributed by atoms with Crippen molar-refractivity contribution in [3.05, 3.63) is 53.6 Å². The molecule has 140 valence electrons. The largest absolute Gasteiger partial charge is 0.338 e. The lowest BCUT2D eigenvalue weighted by Crippen LogP contribution is -2.31. The SMILES string of the molecule is Cc1cc(C)cc(NS(=O)(=O)c2ccc(NC(=O)NCC(C)C)cc2)c1. The standard InChI is InChI=1S/C19H25N3O3S/c1-13(2)12-20-19(23)21-16-5-7-18(8-6-16)26(24,25)22-17-10-14(3)9-15(4)11-17/h5-11,13,22H,12H2,1-4H3,(H2,20,21,23). The summed E-state index contributed by atoms with van der Waals surface area (Å²) in [6, 6.07) is 11.3. The molecule has 0 aliphatic heterocycles. The molecular weight excluding hydrogens is 350 g/mol. The number of urea groups is 1. The van der Waals surface area contributed by atoms with Crippen LogP contribution in [0.15, 0.2) is 47.4 Å². The van der Waals surface area contributed by atoms with Crippen molar-refractivity contribution in [3.8, 4) is 0 Å². The number of carbonyl (C=O) groups excluding carboxylic acids is 1. The van der Waals surface area contributed by atoms with Crippen LogP contribution in [0.5, 0.6) is 0 Å². The van der Waals surface area contributed by atoms with E-state index in [4.69, 9.17) is 0 Å². The summed E-state index contributed by atoms with van der Waals surface area (Å²) in [5.41, 5.74) is 3.01. The lowest BCUT2D eigenvalue weighted by Gasteiger charge is -2.11. The number of benzene rings is 2. The molecule has 2 aromatic rings. The molecule has 7 heteroatoms. The zero-order valence-corrected chi connectivity index (χ0v) is 16.3. The van der Waals surface area contributed by atoms with E-state index < -0.39 is 10.0 Å². The van der Waals surface area contributed by atoms with E-state index in [2.05, 4.69) is 15.4 Å². The number of nitrogens with one attached hydrogen (secondary N) is 3. The molecule has 0 aliphatic rings. The van der Waals surface area contributed by atoms with Gasteiger partial charge in [-0.2, -0.15) is 0 Å². The molecule has 26 heavy (non-hydrogen) atoms. The van der Waals surface area contributed by atoms with E-state index in [0.29, 0.717) is 23.8 Å². The van der Waals surface area contributed by atoms with Crippen LogP contribution >= 0.6 is 0 Å². The van der Waals surface area contributed by atoms with Gasteiger partial charge in [0.15, 0.2) is 0 Å². The van der Waals surface area contributed by atoms with E-state index in [-0.39, 0.29) is 10.9 Å². The first-order valence-corrected chi connectivity index (χ1v) is 9.90. The molecule has 0 radical (unpaired) electrons. The van der Waals surface area contributed by atoms with Crippen LogP contribution in [0.25, 0.3) is 0 Å². The number of rotatable bonds is 6. The highest BCUT2D eigenvalue weighted by Crippen LogP contribution is 2.20. The molecule has 0 bridgehead atoms. The molecule has 2 amide bonds. The first-order valence-electron chi connectivity index (χ1n) is 8.42. The number of amides is 2. The zero-order valence-electron chi connectivity index (χ0n) is 15.5. The third kappa shape index (κ3) is 5.77. The van der Waals surface area contributed by atoms with Crippen LogP contribution in [0.1, 0.15) is 25.0 Å². The Morgan fingerprint density at radius 1 is 0.962 bits per heavy atom. The van der Waals surface area contributed by atoms with Crippen LogP contribution in [0, 0.1) is 19.8 Å². The monoisotopic (exact) mass is 375 g/mol. The Morgan fingerprint density at radius 2 is 1.54 bits per heavy atom. The molecule has 0 saturated carbocycles. The van der Waals surface area contributed by atoms with Crippen molar-refractivity contribution in [1.29, 1.82) is 0 Å². The second-order valence-electron chi connectivity index (χ2n) is 6.74. The van der Waals surface area contributed by atoms with E-state index in [0.717, 1.165) is 11.1 Å². The van der Waals surface area contributed by atoms with E-state index in [1.807, 2.05) is 33.8 Å². The predicted molar refractivity (Wildman–Crippen MR) is 105 cm³/mol. The smallest absolute Gasteiger partial charge is 0.319 e. The number of sulfonamides is 1. The minimum Gasteiger partial charge on any atom is -0.338 e. The summed E-state index contributed by atoms with van der Waals surface area (Å²) >= 11 is 0. The molecule has 3 N–H and O–H groups in total. The highest BCUT2D eigenvalue weighted by Gasteiger charge is 2.14. The molecule has 2 aromatic carbocycles. The maximum absolute atomic E-state index is 12.5. The first-order chi connectivity index (χ1) is 12.2. The Labute approximate surface area is 155 Å². The van der Waals surface area contributed by atoms with Crippen LogP contribution in [0.3, 0.4) is 0 Å². The van der Waals surface area contributed by atoms with Crippen LogP contribution in [0.4, 0.5) is 16.2 Å². The fraction of sp³-hybridized carbons (Fsp3) is 0.316. The van der Waals surface area contributed by atoms with Gasteiger partial charge in [-0.15, -0.1) is 0 Å². The third-order valence-electron chi connectivity index (χ3n) is 3.57. The average molecular weight is 375 g/mol. The van der Waals surface area contributed by atoms with Gasteiger partial charge < -0.3 is 10.6 Å². The summed E-state index contributed by atoms with van der Waals surface area (Å²) < 4.78 is 27.6. The summed E-state index contributed by atoms with van der Waals surface area (Å²) in [6.45, 7) is 8.40. The van der Waals surface area contributed by atoms with Crippen LogP contribution in [0.2, 0.25) is 0 Å². The summed E-state index contributed by atoms with van der Waals surface area (Å²) in [5.74, 6) is 0.351. The van der Waals surface area contributed by atoms with Gasteiger partial charge in [0.2, 0.25) is 0 Å². The van der Waals surface area contributed by atoms with E-state index in [1.54, 1.807) is 24.3 Å². The minimum atomic E-state index is -3.69. The van der Waals surface area contributed by atoms with Gasteiger partial charge in [0.1, 0.15) is 0 Å². The maximum atomic E-state index is 12.5. The first kappa shape index (κ1) is 19.8. The van der Waals surface area contributed by atoms with Gasteiger partial charge in [-0.3, -0.25) is 4.72 Å². The van der Waals surface area contributed by atoms with Gasteiger partial charge in [0.25, 0.3) is 10.0 Å². The minimum absolute atomic E-state index is 0.129. The van der Waals surface area contributed by atoms with Crippen LogP contribution in [-0.4, -0.2) is 21.0 Å². The van der Waals surface area contributed by atoms with Gasteiger partial charge in [-0.05, 0) is 67.3 Å². The highest BCUT2D eigenvalue weighted by molar-refractivity contribution is 7.92. The third-order valence-corrected chi connectivity index (χ3v) is 4.96. The van der Waals surface area contributed by atoms with Crippen molar-refractivity contribution in [2.24, 2.45) is 5.92 Å². The Bertz CT molecular complexity index is 855. The second kappa shape index (κ2) is 8.23. The predicted octanol–water partition coefficient (Wildman–Crippen LogP) is 3.88. The average Bonchev–Trinajstić information content (AvgIpc) is 2.52. The Balaban J connectivity index is 2.07. The molecule has 0 aliphatic carbocycles. The molecule has 0 atom stereocenters. The highest BCUT2D eigenvalue weighted by atomic mass is 32.2. The number of aryl methyl sites for hydroxylation is 2. The number of hydrogen-bond acceptors (Lipinski definition) is 3. The van der Waals surface area contributed by atoms with Crippen molar-refractivity contribution >= 4 is 27.4 Å².